The predicted molar refractivity (Wildman–Crippen MR) is 138 cm³/mol. The van der Waals surface area contributed by atoms with Gasteiger partial charge in [0.15, 0.2) is 5.82 Å². The first kappa shape index (κ1) is 25.2. The maximum absolute atomic E-state index is 13.1. The van der Waals surface area contributed by atoms with E-state index in [1.165, 1.54) is 11.3 Å². The van der Waals surface area contributed by atoms with E-state index in [2.05, 4.69) is 15.1 Å². The first-order valence-electron chi connectivity index (χ1n) is 13.2. The molecule has 196 valence electrons. The smallest absolute Gasteiger partial charge is 0.410 e. The fraction of sp³-hybridized carbons (Fsp3) is 0.536. The quantitative estimate of drug-likeness (QED) is 0.541. The van der Waals surface area contributed by atoms with E-state index in [-0.39, 0.29) is 30.5 Å². The lowest BCUT2D eigenvalue weighted by Gasteiger charge is -2.42. The number of aromatic nitrogens is 2. The van der Waals surface area contributed by atoms with Crippen LogP contribution in [0.2, 0.25) is 0 Å². The molecule has 1 aliphatic carbocycles. The first-order chi connectivity index (χ1) is 17.7. The third-order valence-corrected chi connectivity index (χ3v) is 7.37. The maximum atomic E-state index is 13.1. The number of carbonyl (C=O) groups is 3. The van der Waals surface area contributed by atoms with Crippen LogP contribution in [-0.4, -0.2) is 69.2 Å². The van der Waals surface area contributed by atoms with Crippen molar-refractivity contribution in [3.8, 4) is 0 Å². The SMILES string of the molecule is CC(C)(C)OC(=O)N(CC1CCC1)[C@@H]1CCCN(c2ccc(CN3C(=O)c4ccccc4C3=O)nn2)C1. The maximum Gasteiger partial charge on any atom is 0.410 e. The summed E-state index contributed by atoms with van der Waals surface area (Å²) in [6.45, 7) is 8.01. The van der Waals surface area contributed by atoms with E-state index in [4.69, 9.17) is 4.74 Å². The van der Waals surface area contributed by atoms with Gasteiger partial charge in [0, 0.05) is 19.6 Å². The molecule has 0 spiro atoms. The van der Waals surface area contributed by atoms with Crippen molar-refractivity contribution in [1.82, 2.24) is 20.0 Å². The minimum absolute atomic E-state index is 0.0454. The number of benzene rings is 1. The number of rotatable bonds is 6. The number of ether oxygens (including phenoxy) is 1. The molecule has 2 aromatic rings. The largest absolute Gasteiger partial charge is 0.444 e. The summed E-state index contributed by atoms with van der Waals surface area (Å²) in [5.41, 5.74) is 0.859. The van der Waals surface area contributed by atoms with E-state index in [1.807, 2.05) is 37.8 Å². The summed E-state index contributed by atoms with van der Waals surface area (Å²) in [5, 5.41) is 8.75. The third kappa shape index (κ3) is 5.45. The molecule has 1 saturated carbocycles. The Morgan fingerprint density at radius 1 is 1.00 bits per heavy atom. The molecule has 1 aromatic carbocycles. The summed E-state index contributed by atoms with van der Waals surface area (Å²) in [6, 6.07) is 10.6. The third-order valence-electron chi connectivity index (χ3n) is 7.37. The number of nitrogens with zero attached hydrogens (tertiary/aromatic N) is 5. The lowest BCUT2D eigenvalue weighted by molar-refractivity contribution is 0.00730. The highest BCUT2D eigenvalue weighted by atomic mass is 16.6. The number of anilines is 1. The van der Waals surface area contributed by atoms with Crippen LogP contribution < -0.4 is 4.90 Å². The second-order valence-corrected chi connectivity index (χ2v) is 11.3. The van der Waals surface area contributed by atoms with E-state index in [0.717, 1.165) is 44.6 Å². The molecular weight excluding hydrogens is 470 g/mol. The summed E-state index contributed by atoms with van der Waals surface area (Å²) < 4.78 is 5.76. The number of amides is 3. The Balaban J connectivity index is 1.25. The van der Waals surface area contributed by atoms with Crippen molar-refractivity contribution in [3.63, 3.8) is 0 Å². The van der Waals surface area contributed by atoms with Crippen molar-refractivity contribution in [2.24, 2.45) is 5.92 Å². The van der Waals surface area contributed by atoms with Crippen LogP contribution in [0.3, 0.4) is 0 Å². The zero-order valence-corrected chi connectivity index (χ0v) is 21.9. The molecule has 3 amide bonds. The summed E-state index contributed by atoms with van der Waals surface area (Å²) in [4.78, 5) is 43.8. The molecule has 1 aromatic heterocycles. The molecular formula is C28H35N5O4. The fourth-order valence-corrected chi connectivity index (χ4v) is 5.21. The van der Waals surface area contributed by atoms with Crippen LogP contribution in [0.1, 0.15) is 79.3 Å². The number of hydrogen-bond acceptors (Lipinski definition) is 7. The van der Waals surface area contributed by atoms with Gasteiger partial charge in [0.1, 0.15) is 5.60 Å². The highest BCUT2D eigenvalue weighted by molar-refractivity contribution is 6.21. The molecule has 0 unspecified atom stereocenters. The highest BCUT2D eigenvalue weighted by Crippen LogP contribution is 2.31. The molecule has 9 nitrogen and oxygen atoms in total. The van der Waals surface area contributed by atoms with Crippen LogP contribution in [0.5, 0.6) is 0 Å². The molecule has 3 aliphatic rings. The van der Waals surface area contributed by atoms with E-state index in [9.17, 15) is 14.4 Å². The number of carbonyl (C=O) groups excluding carboxylic acids is 3. The first-order valence-corrected chi connectivity index (χ1v) is 13.2. The summed E-state index contributed by atoms with van der Waals surface area (Å²) in [6.07, 6.45) is 5.17. The lowest BCUT2D eigenvalue weighted by Crippen LogP contribution is -2.53. The zero-order valence-electron chi connectivity index (χ0n) is 21.9. The highest BCUT2D eigenvalue weighted by Gasteiger charge is 2.36. The molecule has 0 N–H and O–H groups in total. The van der Waals surface area contributed by atoms with E-state index < -0.39 is 5.60 Å². The Morgan fingerprint density at radius 2 is 1.70 bits per heavy atom. The number of fused-ring (bicyclic) bond motifs is 1. The van der Waals surface area contributed by atoms with Crippen LogP contribution in [0.15, 0.2) is 36.4 Å². The van der Waals surface area contributed by atoms with E-state index >= 15 is 0 Å². The second-order valence-electron chi connectivity index (χ2n) is 11.3. The van der Waals surface area contributed by atoms with Gasteiger partial charge >= 0.3 is 6.09 Å². The molecule has 1 saturated heterocycles. The van der Waals surface area contributed by atoms with Crippen molar-refractivity contribution in [1.29, 1.82) is 0 Å². The Bertz CT molecular complexity index is 1140. The standard InChI is InChI=1S/C28H35N5O4/c1-28(2,3)37-27(36)32(16-19-8-6-9-19)21-10-7-15-31(18-21)24-14-13-20(29-30-24)17-33-25(34)22-11-4-5-12-23(22)26(33)35/h4-5,11-14,19,21H,6-10,15-18H2,1-3H3/t21-/m1/s1. The van der Waals surface area contributed by atoms with Gasteiger partial charge in [0.05, 0.1) is 29.4 Å². The minimum atomic E-state index is -0.538. The van der Waals surface area contributed by atoms with Crippen LogP contribution in [-0.2, 0) is 11.3 Å². The molecule has 2 aliphatic heterocycles. The van der Waals surface area contributed by atoms with Crippen molar-refractivity contribution in [3.05, 3.63) is 53.2 Å². The van der Waals surface area contributed by atoms with Crippen LogP contribution in [0.25, 0.3) is 0 Å². The van der Waals surface area contributed by atoms with Crippen molar-refractivity contribution >= 4 is 23.7 Å². The fourth-order valence-electron chi connectivity index (χ4n) is 5.21. The monoisotopic (exact) mass is 505 g/mol. The average Bonchev–Trinajstić information content (AvgIpc) is 3.08. The Labute approximate surface area is 217 Å². The molecule has 37 heavy (non-hydrogen) atoms. The summed E-state index contributed by atoms with van der Waals surface area (Å²) in [5.74, 6) is 0.658. The number of piperidine rings is 1. The minimum Gasteiger partial charge on any atom is -0.444 e. The van der Waals surface area contributed by atoms with Crippen molar-refractivity contribution in [2.45, 2.75) is 71.1 Å². The molecule has 1 atom stereocenters. The topological polar surface area (TPSA) is 95.9 Å². The average molecular weight is 506 g/mol. The Kier molecular flexibility index (Phi) is 6.88. The molecule has 5 rings (SSSR count). The van der Waals surface area contributed by atoms with Gasteiger partial charge in [-0.25, -0.2) is 4.79 Å². The predicted octanol–water partition coefficient (Wildman–Crippen LogP) is 4.28. The Hall–Kier alpha value is -3.49. The Morgan fingerprint density at radius 3 is 2.27 bits per heavy atom. The van der Waals surface area contributed by atoms with Gasteiger partial charge in [-0.2, -0.15) is 5.10 Å². The lowest BCUT2D eigenvalue weighted by atomic mass is 9.84. The van der Waals surface area contributed by atoms with Gasteiger partial charge in [0.25, 0.3) is 11.8 Å². The molecule has 9 heteroatoms. The van der Waals surface area contributed by atoms with Gasteiger partial charge in [-0.05, 0) is 76.6 Å². The van der Waals surface area contributed by atoms with Crippen LogP contribution in [0, 0.1) is 5.92 Å². The summed E-state index contributed by atoms with van der Waals surface area (Å²) >= 11 is 0. The van der Waals surface area contributed by atoms with Gasteiger partial charge in [-0.3, -0.25) is 14.5 Å². The van der Waals surface area contributed by atoms with Crippen LogP contribution >= 0.6 is 0 Å². The van der Waals surface area contributed by atoms with Crippen molar-refractivity contribution < 1.29 is 19.1 Å². The van der Waals surface area contributed by atoms with E-state index in [1.54, 1.807) is 24.3 Å². The number of imide groups is 1. The molecule has 0 bridgehead atoms. The molecule has 3 heterocycles. The van der Waals surface area contributed by atoms with Gasteiger partial charge in [0.2, 0.25) is 0 Å². The molecule has 2 fully saturated rings. The molecule has 0 radical (unpaired) electrons. The summed E-state index contributed by atoms with van der Waals surface area (Å²) in [7, 11) is 0. The van der Waals surface area contributed by atoms with Gasteiger partial charge < -0.3 is 14.5 Å². The van der Waals surface area contributed by atoms with Crippen molar-refractivity contribution in [2.75, 3.05) is 24.5 Å². The van der Waals surface area contributed by atoms with E-state index in [0.29, 0.717) is 29.3 Å². The van der Waals surface area contributed by atoms with Gasteiger partial charge in [-0.1, -0.05) is 18.6 Å². The number of hydrogen-bond donors (Lipinski definition) is 0. The van der Waals surface area contributed by atoms with Crippen LogP contribution in [0.4, 0.5) is 10.6 Å². The normalized spacial score (nSPS) is 20.0. The zero-order chi connectivity index (χ0) is 26.2. The second kappa shape index (κ2) is 10.1. The van der Waals surface area contributed by atoms with Gasteiger partial charge in [-0.15, -0.1) is 5.10 Å².